The van der Waals surface area contributed by atoms with Gasteiger partial charge in [-0.3, -0.25) is 0 Å². The van der Waals surface area contributed by atoms with Crippen LogP contribution in [0.15, 0.2) is 34.9 Å². The Kier molecular flexibility index (Phi) is 3.79. The van der Waals surface area contributed by atoms with Gasteiger partial charge in [0.05, 0.1) is 6.54 Å². The standard InChI is InChI=1S/C15H18N2O3/c1-15(2,3)10-4-6-11(7-5-10)16-8-13-17-12(9-20-13)14(18)19/h4-7,9,16H,8H2,1-3H3,(H,18,19). The van der Waals surface area contributed by atoms with Gasteiger partial charge < -0.3 is 14.8 Å². The molecular formula is C15H18N2O3. The number of carbonyl (C=O) groups is 1. The van der Waals surface area contributed by atoms with E-state index in [1.807, 2.05) is 12.1 Å². The monoisotopic (exact) mass is 274 g/mol. The fourth-order valence-electron chi connectivity index (χ4n) is 1.76. The van der Waals surface area contributed by atoms with Gasteiger partial charge in [0.1, 0.15) is 6.26 Å². The number of nitrogens with zero attached hydrogens (tertiary/aromatic N) is 1. The molecule has 0 saturated heterocycles. The van der Waals surface area contributed by atoms with E-state index >= 15 is 0 Å². The second-order valence-electron chi connectivity index (χ2n) is 5.61. The normalized spacial score (nSPS) is 11.3. The van der Waals surface area contributed by atoms with Gasteiger partial charge in [-0.05, 0) is 23.1 Å². The lowest BCUT2D eigenvalue weighted by Crippen LogP contribution is -2.10. The Balaban J connectivity index is 1.98. The van der Waals surface area contributed by atoms with E-state index < -0.39 is 5.97 Å². The summed E-state index contributed by atoms with van der Waals surface area (Å²) in [7, 11) is 0. The summed E-state index contributed by atoms with van der Waals surface area (Å²) in [6.45, 7) is 6.84. The third-order valence-electron chi connectivity index (χ3n) is 2.97. The summed E-state index contributed by atoms with van der Waals surface area (Å²) in [5.74, 6) is -0.739. The van der Waals surface area contributed by atoms with Crippen LogP contribution in [-0.4, -0.2) is 16.1 Å². The van der Waals surface area contributed by atoms with Gasteiger partial charge in [0, 0.05) is 5.69 Å². The summed E-state index contributed by atoms with van der Waals surface area (Å²) in [6, 6.07) is 8.12. The molecule has 2 rings (SSSR count). The van der Waals surface area contributed by atoms with Crippen molar-refractivity contribution in [2.24, 2.45) is 0 Å². The molecule has 0 aliphatic rings. The molecule has 1 aromatic heterocycles. The molecule has 1 aromatic carbocycles. The van der Waals surface area contributed by atoms with Crippen molar-refractivity contribution in [3.63, 3.8) is 0 Å². The number of oxazole rings is 1. The Hall–Kier alpha value is -2.30. The van der Waals surface area contributed by atoms with Crippen molar-refractivity contribution in [1.82, 2.24) is 4.98 Å². The Morgan fingerprint density at radius 1 is 1.30 bits per heavy atom. The first-order valence-corrected chi connectivity index (χ1v) is 6.38. The van der Waals surface area contributed by atoms with E-state index in [1.54, 1.807) is 0 Å². The van der Waals surface area contributed by atoms with E-state index in [0.717, 1.165) is 12.0 Å². The number of hydrogen-bond acceptors (Lipinski definition) is 4. The number of aromatic nitrogens is 1. The van der Waals surface area contributed by atoms with Crippen molar-refractivity contribution in [2.45, 2.75) is 32.7 Å². The number of hydrogen-bond donors (Lipinski definition) is 2. The number of benzene rings is 1. The van der Waals surface area contributed by atoms with Crippen LogP contribution in [0.3, 0.4) is 0 Å². The van der Waals surface area contributed by atoms with Crippen LogP contribution in [-0.2, 0) is 12.0 Å². The van der Waals surface area contributed by atoms with Crippen LogP contribution < -0.4 is 5.32 Å². The quantitative estimate of drug-likeness (QED) is 0.894. The second kappa shape index (κ2) is 5.36. The van der Waals surface area contributed by atoms with Gasteiger partial charge in [-0.25, -0.2) is 9.78 Å². The molecule has 0 fully saturated rings. The van der Waals surface area contributed by atoms with E-state index in [1.165, 1.54) is 5.56 Å². The SMILES string of the molecule is CC(C)(C)c1ccc(NCc2nc(C(=O)O)co2)cc1. The zero-order valence-electron chi connectivity index (χ0n) is 11.8. The zero-order valence-corrected chi connectivity index (χ0v) is 11.8. The Labute approximate surface area is 117 Å². The Morgan fingerprint density at radius 2 is 1.95 bits per heavy atom. The summed E-state index contributed by atoms with van der Waals surface area (Å²) in [5.41, 5.74) is 2.24. The van der Waals surface area contributed by atoms with Crippen LogP contribution in [0.2, 0.25) is 0 Å². The summed E-state index contributed by atoms with van der Waals surface area (Å²) >= 11 is 0. The molecule has 2 aromatic rings. The minimum absolute atomic E-state index is 0.0788. The predicted octanol–water partition coefficient (Wildman–Crippen LogP) is 3.28. The van der Waals surface area contributed by atoms with Gasteiger partial charge in [0.2, 0.25) is 5.89 Å². The van der Waals surface area contributed by atoms with Crippen molar-refractivity contribution < 1.29 is 14.3 Å². The zero-order chi connectivity index (χ0) is 14.8. The summed E-state index contributed by atoms with van der Waals surface area (Å²) in [4.78, 5) is 14.5. The summed E-state index contributed by atoms with van der Waals surface area (Å²) < 4.78 is 5.07. The van der Waals surface area contributed by atoms with E-state index in [0.29, 0.717) is 12.4 Å². The molecule has 0 aliphatic heterocycles. The van der Waals surface area contributed by atoms with Crippen LogP contribution in [0.25, 0.3) is 0 Å². The molecule has 0 aliphatic carbocycles. The molecule has 0 unspecified atom stereocenters. The molecule has 2 N–H and O–H groups in total. The first-order chi connectivity index (χ1) is 9.36. The van der Waals surface area contributed by atoms with Crippen LogP contribution in [0.4, 0.5) is 5.69 Å². The first-order valence-electron chi connectivity index (χ1n) is 6.38. The predicted molar refractivity (Wildman–Crippen MR) is 75.9 cm³/mol. The number of carboxylic acids is 1. The van der Waals surface area contributed by atoms with Gasteiger partial charge in [0.15, 0.2) is 5.69 Å². The van der Waals surface area contributed by atoms with E-state index in [2.05, 4.69) is 43.2 Å². The van der Waals surface area contributed by atoms with Gasteiger partial charge in [-0.2, -0.15) is 0 Å². The maximum atomic E-state index is 10.7. The Bertz CT molecular complexity index is 594. The molecule has 0 atom stereocenters. The molecular weight excluding hydrogens is 256 g/mol. The average Bonchev–Trinajstić information content (AvgIpc) is 2.85. The number of aromatic carboxylic acids is 1. The minimum atomic E-state index is -1.09. The lowest BCUT2D eigenvalue weighted by atomic mass is 9.87. The third kappa shape index (κ3) is 3.38. The van der Waals surface area contributed by atoms with Crippen molar-refractivity contribution in [3.8, 4) is 0 Å². The highest BCUT2D eigenvalue weighted by Crippen LogP contribution is 2.23. The third-order valence-corrected chi connectivity index (χ3v) is 2.97. The number of anilines is 1. The molecule has 0 saturated carbocycles. The van der Waals surface area contributed by atoms with Crippen molar-refractivity contribution in [3.05, 3.63) is 47.7 Å². The molecule has 1 heterocycles. The highest BCUT2D eigenvalue weighted by molar-refractivity contribution is 5.84. The highest BCUT2D eigenvalue weighted by atomic mass is 16.4. The number of carboxylic acid groups (broad SMARTS) is 1. The van der Waals surface area contributed by atoms with Crippen molar-refractivity contribution in [2.75, 3.05) is 5.32 Å². The lowest BCUT2D eigenvalue weighted by Gasteiger charge is -2.19. The average molecular weight is 274 g/mol. The molecule has 0 spiro atoms. The molecule has 106 valence electrons. The van der Waals surface area contributed by atoms with Gasteiger partial charge >= 0.3 is 5.97 Å². The number of nitrogens with one attached hydrogen (secondary N) is 1. The van der Waals surface area contributed by atoms with Crippen LogP contribution in [0, 0.1) is 0 Å². The fourth-order valence-corrected chi connectivity index (χ4v) is 1.76. The molecule has 0 radical (unpaired) electrons. The fraction of sp³-hybridized carbons (Fsp3) is 0.333. The molecule has 0 amide bonds. The molecule has 0 bridgehead atoms. The smallest absolute Gasteiger partial charge is 0.357 e. The van der Waals surface area contributed by atoms with Gasteiger partial charge in [-0.1, -0.05) is 32.9 Å². The largest absolute Gasteiger partial charge is 0.476 e. The maximum absolute atomic E-state index is 10.7. The molecule has 5 heteroatoms. The van der Waals surface area contributed by atoms with Crippen LogP contribution >= 0.6 is 0 Å². The Morgan fingerprint density at radius 3 is 2.45 bits per heavy atom. The minimum Gasteiger partial charge on any atom is -0.476 e. The molecule has 5 nitrogen and oxygen atoms in total. The van der Waals surface area contributed by atoms with Crippen molar-refractivity contribution >= 4 is 11.7 Å². The maximum Gasteiger partial charge on any atom is 0.357 e. The molecule has 20 heavy (non-hydrogen) atoms. The topological polar surface area (TPSA) is 75.4 Å². The van der Waals surface area contributed by atoms with E-state index in [-0.39, 0.29) is 11.1 Å². The highest BCUT2D eigenvalue weighted by Gasteiger charge is 2.13. The van der Waals surface area contributed by atoms with E-state index in [4.69, 9.17) is 9.52 Å². The second-order valence-corrected chi connectivity index (χ2v) is 5.61. The van der Waals surface area contributed by atoms with Crippen LogP contribution in [0.5, 0.6) is 0 Å². The summed E-state index contributed by atoms with van der Waals surface area (Å²) in [5, 5.41) is 11.9. The number of rotatable bonds is 4. The van der Waals surface area contributed by atoms with E-state index in [9.17, 15) is 4.79 Å². The van der Waals surface area contributed by atoms with Crippen molar-refractivity contribution in [1.29, 1.82) is 0 Å². The summed E-state index contributed by atoms with van der Waals surface area (Å²) in [6.07, 6.45) is 1.14. The van der Waals surface area contributed by atoms with Crippen LogP contribution in [0.1, 0.15) is 42.7 Å². The van der Waals surface area contributed by atoms with Gasteiger partial charge in [-0.15, -0.1) is 0 Å². The lowest BCUT2D eigenvalue weighted by molar-refractivity contribution is 0.0690. The first kappa shape index (κ1) is 14.1. The van der Waals surface area contributed by atoms with Gasteiger partial charge in [0.25, 0.3) is 0 Å².